The third kappa shape index (κ3) is 4.06. The van der Waals surface area contributed by atoms with Crippen molar-refractivity contribution >= 4 is 26.0 Å². The van der Waals surface area contributed by atoms with Gasteiger partial charge in [-0.25, -0.2) is 13.1 Å². The molecule has 0 fully saturated rings. The summed E-state index contributed by atoms with van der Waals surface area (Å²) in [5, 5.41) is 2.97. The van der Waals surface area contributed by atoms with Gasteiger partial charge in [0, 0.05) is 17.1 Å². The lowest BCUT2D eigenvalue weighted by Crippen LogP contribution is -2.37. The van der Waals surface area contributed by atoms with Crippen molar-refractivity contribution < 1.29 is 8.42 Å². The van der Waals surface area contributed by atoms with Crippen molar-refractivity contribution in [3.05, 3.63) is 28.2 Å². The van der Waals surface area contributed by atoms with Crippen molar-refractivity contribution in [3.8, 4) is 0 Å². The molecule has 0 aromatic heterocycles. The highest BCUT2D eigenvalue weighted by Gasteiger charge is 2.17. The Labute approximate surface area is 111 Å². The van der Waals surface area contributed by atoms with Crippen LogP contribution in [0.2, 0.25) is 0 Å². The summed E-state index contributed by atoms with van der Waals surface area (Å²) in [7, 11) is -1.66. The largest absolute Gasteiger partial charge is 0.316 e. The Morgan fingerprint density at radius 3 is 2.59 bits per heavy atom. The zero-order valence-corrected chi connectivity index (χ0v) is 12.5. The van der Waals surface area contributed by atoms with Gasteiger partial charge in [-0.15, -0.1) is 0 Å². The predicted molar refractivity (Wildman–Crippen MR) is 72.6 cm³/mol. The van der Waals surface area contributed by atoms with Crippen LogP contribution in [0.3, 0.4) is 0 Å². The van der Waals surface area contributed by atoms with Crippen molar-refractivity contribution in [2.45, 2.75) is 24.8 Å². The van der Waals surface area contributed by atoms with Gasteiger partial charge in [-0.05, 0) is 54.5 Å². The first kappa shape index (κ1) is 14.6. The van der Waals surface area contributed by atoms with Gasteiger partial charge in [-0.3, -0.25) is 0 Å². The van der Waals surface area contributed by atoms with E-state index < -0.39 is 10.0 Å². The van der Waals surface area contributed by atoms with Crippen molar-refractivity contribution in [1.82, 2.24) is 10.0 Å². The first-order valence-electron chi connectivity index (χ1n) is 5.30. The number of sulfonamides is 1. The highest BCUT2D eigenvalue weighted by Crippen LogP contribution is 2.22. The van der Waals surface area contributed by atoms with E-state index in [0.717, 1.165) is 5.56 Å². The lowest BCUT2D eigenvalue weighted by Gasteiger charge is -2.13. The average Bonchev–Trinajstić information content (AvgIpc) is 2.25. The maximum absolute atomic E-state index is 12.0. The van der Waals surface area contributed by atoms with Gasteiger partial charge in [0.25, 0.3) is 0 Å². The Bertz CT molecular complexity index is 488. The summed E-state index contributed by atoms with van der Waals surface area (Å²) in [4.78, 5) is 0.270. The molecule has 1 aromatic carbocycles. The number of halogens is 1. The zero-order chi connectivity index (χ0) is 13.1. The van der Waals surface area contributed by atoms with Crippen LogP contribution in [-0.4, -0.2) is 28.1 Å². The molecule has 1 atom stereocenters. The van der Waals surface area contributed by atoms with Crippen LogP contribution >= 0.6 is 15.9 Å². The molecule has 6 heteroatoms. The van der Waals surface area contributed by atoms with E-state index in [1.807, 2.05) is 13.8 Å². The molecule has 0 aliphatic rings. The molecule has 0 saturated carbocycles. The molecular weight excluding hydrogens is 304 g/mol. The summed E-state index contributed by atoms with van der Waals surface area (Å²) in [5.74, 6) is 0. The third-order valence-electron chi connectivity index (χ3n) is 2.45. The number of aryl methyl sites for hydroxylation is 1. The molecule has 96 valence electrons. The van der Waals surface area contributed by atoms with Gasteiger partial charge in [0.1, 0.15) is 0 Å². The third-order valence-corrected chi connectivity index (χ3v) is 4.85. The number of hydrogen-bond donors (Lipinski definition) is 2. The minimum Gasteiger partial charge on any atom is -0.316 e. The van der Waals surface area contributed by atoms with Crippen molar-refractivity contribution in [1.29, 1.82) is 0 Å². The Kier molecular flexibility index (Phi) is 5.12. The van der Waals surface area contributed by atoms with E-state index in [9.17, 15) is 8.42 Å². The highest BCUT2D eigenvalue weighted by molar-refractivity contribution is 9.10. The van der Waals surface area contributed by atoms with E-state index >= 15 is 0 Å². The number of benzene rings is 1. The van der Waals surface area contributed by atoms with E-state index in [4.69, 9.17) is 0 Å². The predicted octanol–water partition coefficient (Wildman–Crippen LogP) is 1.64. The van der Waals surface area contributed by atoms with Crippen LogP contribution in [0.25, 0.3) is 0 Å². The molecule has 0 heterocycles. The summed E-state index contributed by atoms with van der Waals surface area (Å²) in [5.41, 5.74) is 1.01. The van der Waals surface area contributed by atoms with Gasteiger partial charge in [-0.1, -0.05) is 6.07 Å². The Morgan fingerprint density at radius 1 is 1.41 bits per heavy atom. The zero-order valence-electron chi connectivity index (χ0n) is 10.1. The molecule has 0 amide bonds. The second-order valence-corrected chi connectivity index (χ2v) is 6.57. The maximum atomic E-state index is 12.0. The molecule has 0 spiro atoms. The van der Waals surface area contributed by atoms with Crippen LogP contribution in [0.5, 0.6) is 0 Å². The summed E-state index contributed by atoms with van der Waals surface area (Å²) in [6, 6.07) is 5.26. The molecule has 0 aliphatic carbocycles. The lowest BCUT2D eigenvalue weighted by molar-refractivity contribution is 0.554. The minimum atomic E-state index is -3.45. The topological polar surface area (TPSA) is 58.2 Å². The molecule has 1 aromatic rings. The molecule has 17 heavy (non-hydrogen) atoms. The summed E-state index contributed by atoms with van der Waals surface area (Å²) in [6.07, 6.45) is 0. The van der Waals surface area contributed by atoms with Gasteiger partial charge in [-0.2, -0.15) is 0 Å². The number of rotatable bonds is 5. The maximum Gasteiger partial charge on any atom is 0.241 e. The molecule has 1 rings (SSSR count). The highest BCUT2D eigenvalue weighted by atomic mass is 79.9. The van der Waals surface area contributed by atoms with Gasteiger partial charge < -0.3 is 5.32 Å². The van der Waals surface area contributed by atoms with Gasteiger partial charge in [0.05, 0.1) is 4.90 Å². The molecule has 0 bridgehead atoms. The van der Waals surface area contributed by atoms with Crippen LogP contribution in [0.1, 0.15) is 12.5 Å². The molecule has 1 unspecified atom stereocenters. The molecule has 0 radical (unpaired) electrons. The van der Waals surface area contributed by atoms with Gasteiger partial charge in [0.15, 0.2) is 0 Å². The van der Waals surface area contributed by atoms with Crippen molar-refractivity contribution in [3.63, 3.8) is 0 Å². The first-order chi connectivity index (χ1) is 7.86. The monoisotopic (exact) mass is 320 g/mol. The molecule has 0 aliphatic heterocycles. The summed E-state index contributed by atoms with van der Waals surface area (Å²) >= 11 is 3.27. The second kappa shape index (κ2) is 5.95. The fourth-order valence-electron chi connectivity index (χ4n) is 1.24. The number of likely N-dealkylation sites (N-methyl/N-ethyl adjacent to an activating group) is 1. The van der Waals surface area contributed by atoms with E-state index in [2.05, 4.69) is 26.0 Å². The Morgan fingerprint density at radius 2 is 2.06 bits per heavy atom. The number of nitrogens with one attached hydrogen (secondary N) is 2. The van der Waals surface area contributed by atoms with Crippen molar-refractivity contribution in [2.75, 3.05) is 13.6 Å². The molecular formula is C11H17BrN2O2S. The normalized spacial score (nSPS) is 13.6. The van der Waals surface area contributed by atoms with E-state index in [-0.39, 0.29) is 10.9 Å². The molecule has 2 N–H and O–H groups in total. The lowest BCUT2D eigenvalue weighted by atomic mass is 10.2. The van der Waals surface area contributed by atoms with Crippen LogP contribution in [0, 0.1) is 6.92 Å². The second-order valence-electron chi connectivity index (χ2n) is 3.98. The van der Waals surface area contributed by atoms with Crippen LogP contribution < -0.4 is 10.0 Å². The van der Waals surface area contributed by atoms with Crippen molar-refractivity contribution in [2.24, 2.45) is 0 Å². The summed E-state index contributed by atoms with van der Waals surface area (Å²) in [6.45, 7) is 4.18. The summed E-state index contributed by atoms with van der Waals surface area (Å²) < 4.78 is 27.2. The van der Waals surface area contributed by atoms with Crippen LogP contribution in [-0.2, 0) is 10.0 Å². The minimum absolute atomic E-state index is 0.0917. The standard InChI is InChI=1S/C11H17BrN2O2S/c1-8-4-5-11(10(12)6-8)17(15,16)14-7-9(2)13-3/h4-6,9,13-14H,7H2,1-3H3. The smallest absolute Gasteiger partial charge is 0.241 e. The fraction of sp³-hybridized carbons (Fsp3) is 0.455. The van der Waals surface area contributed by atoms with E-state index in [1.54, 1.807) is 25.2 Å². The van der Waals surface area contributed by atoms with Crippen LogP contribution in [0.4, 0.5) is 0 Å². The van der Waals surface area contributed by atoms with E-state index in [0.29, 0.717) is 11.0 Å². The average molecular weight is 321 g/mol. The fourth-order valence-corrected chi connectivity index (χ4v) is 3.56. The van der Waals surface area contributed by atoms with Crippen LogP contribution in [0.15, 0.2) is 27.6 Å². The Hall–Kier alpha value is -0.430. The first-order valence-corrected chi connectivity index (χ1v) is 7.57. The number of hydrogen-bond acceptors (Lipinski definition) is 3. The molecule has 0 saturated heterocycles. The van der Waals surface area contributed by atoms with E-state index in [1.165, 1.54) is 0 Å². The van der Waals surface area contributed by atoms with Gasteiger partial charge in [0.2, 0.25) is 10.0 Å². The SMILES string of the molecule is CNC(C)CNS(=O)(=O)c1ccc(C)cc1Br. The molecule has 4 nitrogen and oxygen atoms in total. The quantitative estimate of drug-likeness (QED) is 0.867. The Balaban J connectivity index is 2.90. The van der Waals surface area contributed by atoms with Gasteiger partial charge >= 0.3 is 0 Å².